The molecule has 0 saturated heterocycles. The molecule has 0 aromatic rings. The van der Waals surface area contributed by atoms with Gasteiger partial charge in [0.25, 0.3) is 0 Å². The first-order chi connectivity index (χ1) is 10.9. The zero-order valence-corrected chi connectivity index (χ0v) is 14.6. The highest BCUT2D eigenvalue weighted by molar-refractivity contribution is 5.93. The minimum atomic E-state index is -0.412. The largest absolute Gasteiger partial charge is 0.393 e. The summed E-state index contributed by atoms with van der Waals surface area (Å²) in [6, 6.07) is 0. The van der Waals surface area contributed by atoms with Crippen LogP contribution in [0.3, 0.4) is 0 Å². The van der Waals surface area contributed by atoms with Crippen LogP contribution in [0.2, 0.25) is 0 Å². The predicted octanol–water partition coefficient (Wildman–Crippen LogP) is 3.49. The second-order valence-corrected chi connectivity index (χ2v) is 8.47. The van der Waals surface area contributed by atoms with Crippen molar-refractivity contribution in [2.24, 2.45) is 29.1 Å². The SMILES string of the molecule is CC1C(=O)[C@]2(C)CC[C@H](O)[C@@H](/C=C/[C@@H](O)CC3CCCCC3)[C@H]12. The van der Waals surface area contributed by atoms with Crippen LogP contribution in [0.15, 0.2) is 12.2 Å². The summed E-state index contributed by atoms with van der Waals surface area (Å²) < 4.78 is 0. The molecule has 3 aliphatic rings. The van der Waals surface area contributed by atoms with Gasteiger partial charge in [-0.2, -0.15) is 0 Å². The minimum absolute atomic E-state index is 0.0162. The molecule has 0 heterocycles. The second-order valence-electron chi connectivity index (χ2n) is 8.47. The third kappa shape index (κ3) is 3.15. The van der Waals surface area contributed by atoms with E-state index in [9.17, 15) is 15.0 Å². The number of carbonyl (C=O) groups is 1. The molecular formula is C20H32O3. The third-order valence-corrected chi connectivity index (χ3v) is 6.92. The molecule has 23 heavy (non-hydrogen) atoms. The van der Waals surface area contributed by atoms with Crippen molar-refractivity contribution < 1.29 is 15.0 Å². The lowest BCUT2D eigenvalue weighted by molar-refractivity contribution is -0.170. The maximum absolute atomic E-state index is 12.2. The van der Waals surface area contributed by atoms with Crippen molar-refractivity contribution in [3.8, 4) is 0 Å². The van der Waals surface area contributed by atoms with Gasteiger partial charge in [-0.1, -0.05) is 58.1 Å². The molecule has 0 amide bonds. The van der Waals surface area contributed by atoms with Crippen molar-refractivity contribution in [1.29, 1.82) is 0 Å². The third-order valence-electron chi connectivity index (χ3n) is 6.92. The lowest BCUT2D eigenvalue weighted by Crippen LogP contribution is -2.62. The Labute approximate surface area is 140 Å². The number of fused-ring (bicyclic) bond motifs is 1. The summed E-state index contributed by atoms with van der Waals surface area (Å²) in [6.45, 7) is 4.05. The van der Waals surface area contributed by atoms with Crippen LogP contribution in [0.1, 0.15) is 65.2 Å². The van der Waals surface area contributed by atoms with E-state index >= 15 is 0 Å². The van der Waals surface area contributed by atoms with E-state index in [1.165, 1.54) is 32.1 Å². The fraction of sp³-hybridized carbons (Fsp3) is 0.850. The zero-order chi connectivity index (χ0) is 16.6. The quantitative estimate of drug-likeness (QED) is 0.780. The van der Waals surface area contributed by atoms with Gasteiger partial charge in [-0.15, -0.1) is 0 Å². The summed E-state index contributed by atoms with van der Waals surface area (Å²) in [5, 5.41) is 20.7. The average molecular weight is 320 g/mol. The van der Waals surface area contributed by atoms with Crippen molar-refractivity contribution in [3.05, 3.63) is 12.2 Å². The van der Waals surface area contributed by atoms with Crippen LogP contribution in [0.5, 0.6) is 0 Å². The van der Waals surface area contributed by atoms with Gasteiger partial charge < -0.3 is 10.2 Å². The molecule has 0 aromatic heterocycles. The fourth-order valence-corrected chi connectivity index (χ4v) is 5.58. The van der Waals surface area contributed by atoms with Crippen molar-refractivity contribution in [3.63, 3.8) is 0 Å². The van der Waals surface area contributed by atoms with E-state index < -0.39 is 6.10 Å². The molecule has 0 bridgehead atoms. The Morgan fingerprint density at radius 2 is 1.96 bits per heavy atom. The first kappa shape index (κ1) is 17.2. The van der Waals surface area contributed by atoms with Crippen molar-refractivity contribution in [1.82, 2.24) is 0 Å². The van der Waals surface area contributed by atoms with Crippen molar-refractivity contribution in [2.75, 3.05) is 0 Å². The number of hydrogen-bond donors (Lipinski definition) is 2. The highest BCUT2D eigenvalue weighted by atomic mass is 16.3. The lowest BCUT2D eigenvalue weighted by Gasteiger charge is -2.57. The van der Waals surface area contributed by atoms with Gasteiger partial charge in [0.1, 0.15) is 5.78 Å². The molecule has 3 saturated carbocycles. The summed E-state index contributed by atoms with van der Waals surface area (Å²) in [7, 11) is 0. The van der Waals surface area contributed by atoms with Crippen molar-refractivity contribution in [2.45, 2.75) is 77.4 Å². The van der Waals surface area contributed by atoms with E-state index in [0.717, 1.165) is 12.8 Å². The molecule has 2 N–H and O–H groups in total. The lowest BCUT2D eigenvalue weighted by atomic mass is 9.45. The Morgan fingerprint density at radius 3 is 2.65 bits per heavy atom. The molecule has 3 fully saturated rings. The second kappa shape index (κ2) is 6.68. The number of aliphatic hydroxyl groups excluding tert-OH is 2. The van der Waals surface area contributed by atoms with Gasteiger partial charge in [0.05, 0.1) is 12.2 Å². The molecule has 130 valence electrons. The molecule has 0 spiro atoms. The Kier molecular flexibility index (Phi) is 4.98. The van der Waals surface area contributed by atoms with Gasteiger partial charge in [-0.05, 0) is 31.1 Å². The van der Waals surface area contributed by atoms with Crippen LogP contribution in [-0.4, -0.2) is 28.2 Å². The predicted molar refractivity (Wildman–Crippen MR) is 90.8 cm³/mol. The maximum Gasteiger partial charge on any atom is 0.142 e. The number of rotatable bonds is 4. The van der Waals surface area contributed by atoms with Crippen LogP contribution < -0.4 is 0 Å². The van der Waals surface area contributed by atoms with Crippen LogP contribution in [0.25, 0.3) is 0 Å². The van der Waals surface area contributed by atoms with E-state index in [2.05, 4.69) is 6.92 Å². The fourth-order valence-electron chi connectivity index (χ4n) is 5.58. The summed E-state index contributed by atoms with van der Waals surface area (Å²) in [5.74, 6) is 1.30. The van der Waals surface area contributed by atoms with Gasteiger partial charge in [-0.25, -0.2) is 0 Å². The van der Waals surface area contributed by atoms with Crippen LogP contribution >= 0.6 is 0 Å². The number of carbonyl (C=O) groups excluding carboxylic acids is 1. The Hall–Kier alpha value is -0.670. The Balaban J connectivity index is 1.61. The van der Waals surface area contributed by atoms with E-state index in [1.807, 2.05) is 19.1 Å². The molecule has 0 aliphatic heterocycles. The van der Waals surface area contributed by atoms with Crippen LogP contribution in [0, 0.1) is 29.1 Å². The van der Waals surface area contributed by atoms with Gasteiger partial charge in [-0.3, -0.25) is 4.79 Å². The van der Waals surface area contributed by atoms with E-state index in [-0.39, 0.29) is 29.3 Å². The van der Waals surface area contributed by atoms with E-state index in [1.54, 1.807) is 0 Å². The van der Waals surface area contributed by atoms with E-state index in [0.29, 0.717) is 18.1 Å². The minimum Gasteiger partial charge on any atom is -0.393 e. The summed E-state index contributed by atoms with van der Waals surface area (Å²) >= 11 is 0. The highest BCUT2D eigenvalue weighted by Crippen LogP contribution is 2.58. The van der Waals surface area contributed by atoms with Gasteiger partial charge in [0, 0.05) is 17.3 Å². The molecule has 3 aliphatic carbocycles. The topological polar surface area (TPSA) is 57.5 Å². The van der Waals surface area contributed by atoms with Crippen LogP contribution in [-0.2, 0) is 4.79 Å². The molecule has 0 aromatic carbocycles. The number of ketones is 1. The number of Topliss-reactive ketones (excluding diaryl/α,β-unsaturated/α-hetero) is 1. The van der Waals surface area contributed by atoms with Gasteiger partial charge >= 0.3 is 0 Å². The van der Waals surface area contributed by atoms with Gasteiger partial charge in [0.15, 0.2) is 0 Å². The highest BCUT2D eigenvalue weighted by Gasteiger charge is 2.61. The van der Waals surface area contributed by atoms with Gasteiger partial charge in [0.2, 0.25) is 0 Å². The Morgan fingerprint density at radius 1 is 1.26 bits per heavy atom. The Bertz CT molecular complexity index is 466. The molecule has 6 atom stereocenters. The summed E-state index contributed by atoms with van der Waals surface area (Å²) in [6.07, 6.45) is 11.9. The molecular weight excluding hydrogens is 288 g/mol. The van der Waals surface area contributed by atoms with E-state index in [4.69, 9.17) is 0 Å². The molecule has 0 radical (unpaired) electrons. The first-order valence-corrected chi connectivity index (χ1v) is 9.52. The molecule has 1 unspecified atom stereocenters. The van der Waals surface area contributed by atoms with Crippen LogP contribution in [0.4, 0.5) is 0 Å². The maximum atomic E-state index is 12.2. The average Bonchev–Trinajstić information content (AvgIpc) is 2.55. The standard InChI is InChI=1S/C20H32O3/c1-13-18-16(17(22)10-11-20(18,2)19(13)23)9-8-15(21)12-14-6-4-3-5-7-14/h8-9,13-18,21-22H,3-7,10-12H2,1-2H3/b9-8+/t13?,15-,16-,17+,18+,20-/m1/s1. The number of aliphatic hydroxyl groups is 2. The zero-order valence-electron chi connectivity index (χ0n) is 14.6. The summed E-state index contributed by atoms with van der Waals surface area (Å²) in [5.41, 5.74) is -0.248. The smallest absolute Gasteiger partial charge is 0.142 e. The first-order valence-electron chi connectivity index (χ1n) is 9.52. The number of hydrogen-bond acceptors (Lipinski definition) is 3. The molecule has 3 nitrogen and oxygen atoms in total. The monoisotopic (exact) mass is 320 g/mol. The van der Waals surface area contributed by atoms with Crippen molar-refractivity contribution >= 4 is 5.78 Å². The molecule has 3 heteroatoms. The normalized spacial score (nSPS) is 43.2. The molecule has 3 rings (SSSR count). The summed E-state index contributed by atoms with van der Waals surface area (Å²) in [4.78, 5) is 12.2.